The van der Waals surface area contributed by atoms with E-state index in [1.54, 1.807) is 6.92 Å². The van der Waals surface area contributed by atoms with Gasteiger partial charge in [0.1, 0.15) is 15.7 Å². The number of sulfone groups is 1. The molecule has 0 aliphatic carbocycles. The highest BCUT2D eigenvalue weighted by atomic mass is 32.2. The molecule has 1 heterocycles. The highest BCUT2D eigenvalue weighted by Crippen LogP contribution is 2.24. The molecule has 7 nitrogen and oxygen atoms in total. The van der Waals surface area contributed by atoms with E-state index in [1.165, 1.54) is 16.8 Å². The van der Waals surface area contributed by atoms with Crippen LogP contribution in [0.4, 0.5) is 10.1 Å². The predicted molar refractivity (Wildman–Crippen MR) is 72.0 cm³/mol. The van der Waals surface area contributed by atoms with E-state index in [9.17, 15) is 12.8 Å². The highest BCUT2D eigenvalue weighted by Gasteiger charge is 2.20. The van der Waals surface area contributed by atoms with Gasteiger partial charge < -0.3 is 5.73 Å². The third kappa shape index (κ3) is 3.10. The van der Waals surface area contributed by atoms with Gasteiger partial charge in [0.15, 0.2) is 5.82 Å². The summed E-state index contributed by atoms with van der Waals surface area (Å²) >= 11 is 0. The zero-order chi connectivity index (χ0) is 14.9. The van der Waals surface area contributed by atoms with Crippen molar-refractivity contribution < 1.29 is 12.8 Å². The summed E-state index contributed by atoms with van der Waals surface area (Å²) in [7, 11) is -3.20. The summed E-state index contributed by atoms with van der Waals surface area (Å²) in [6.07, 6.45) is 1.12. The number of aromatic nitrogens is 4. The second-order valence-corrected chi connectivity index (χ2v) is 6.81. The average Bonchev–Trinajstić information content (AvgIpc) is 2.75. The molecule has 0 fully saturated rings. The first kappa shape index (κ1) is 14.4. The Kier molecular flexibility index (Phi) is 3.71. The Bertz CT molecular complexity index is 728. The number of anilines is 1. The van der Waals surface area contributed by atoms with Gasteiger partial charge in [-0.3, -0.25) is 0 Å². The van der Waals surface area contributed by atoms with Gasteiger partial charge in [0, 0.05) is 11.9 Å². The molecule has 1 unspecified atom stereocenters. The Labute approximate surface area is 115 Å². The molecule has 0 spiro atoms. The van der Waals surface area contributed by atoms with Gasteiger partial charge >= 0.3 is 0 Å². The molecule has 2 rings (SSSR count). The van der Waals surface area contributed by atoms with Gasteiger partial charge in [-0.25, -0.2) is 17.5 Å². The summed E-state index contributed by atoms with van der Waals surface area (Å²) in [4.78, 5) is 0. The topological polar surface area (TPSA) is 104 Å². The first-order valence-corrected chi connectivity index (χ1v) is 7.85. The first-order valence-electron chi connectivity index (χ1n) is 5.79. The molecule has 1 aromatic heterocycles. The van der Waals surface area contributed by atoms with Crippen LogP contribution in [0.25, 0.3) is 11.4 Å². The number of hydrogen-bond acceptors (Lipinski definition) is 6. The zero-order valence-corrected chi connectivity index (χ0v) is 11.8. The van der Waals surface area contributed by atoms with Crippen LogP contribution in [0.15, 0.2) is 18.2 Å². The molecule has 9 heteroatoms. The molecular formula is C11H14FN5O2S. The number of nitrogens with zero attached hydrogens (tertiary/aromatic N) is 4. The van der Waals surface area contributed by atoms with Crippen molar-refractivity contribution in [3.05, 3.63) is 24.0 Å². The van der Waals surface area contributed by atoms with E-state index in [-0.39, 0.29) is 22.8 Å². The monoisotopic (exact) mass is 299 g/mol. The van der Waals surface area contributed by atoms with Crippen molar-refractivity contribution in [1.29, 1.82) is 0 Å². The molecule has 0 bridgehead atoms. The minimum Gasteiger partial charge on any atom is -0.399 e. The van der Waals surface area contributed by atoms with Crippen molar-refractivity contribution in [1.82, 2.24) is 20.2 Å². The summed E-state index contributed by atoms with van der Waals surface area (Å²) in [6, 6.07) is 3.64. The standard InChI is InChI=1S/C11H14FN5O2S/c1-7(6-20(2,18)19)17-11(14-15-16-17)9-4-3-8(13)5-10(9)12/h3-5,7H,6,13H2,1-2H3. The summed E-state index contributed by atoms with van der Waals surface area (Å²) in [5.74, 6) is -0.534. The smallest absolute Gasteiger partial charge is 0.185 e. The molecule has 2 N–H and O–H groups in total. The van der Waals surface area contributed by atoms with Crippen LogP contribution in [0, 0.1) is 5.82 Å². The van der Waals surface area contributed by atoms with Crippen LogP contribution in [-0.2, 0) is 9.84 Å². The van der Waals surface area contributed by atoms with E-state index in [4.69, 9.17) is 5.73 Å². The van der Waals surface area contributed by atoms with Gasteiger partial charge in [-0.1, -0.05) is 0 Å². The lowest BCUT2D eigenvalue weighted by molar-refractivity contribution is 0.508. The van der Waals surface area contributed by atoms with E-state index in [2.05, 4.69) is 15.5 Å². The molecule has 0 aliphatic rings. The zero-order valence-electron chi connectivity index (χ0n) is 11.0. The Balaban J connectivity index is 2.42. The van der Waals surface area contributed by atoms with E-state index < -0.39 is 21.7 Å². The molecular weight excluding hydrogens is 285 g/mol. The maximum Gasteiger partial charge on any atom is 0.185 e. The Morgan fingerprint density at radius 1 is 1.45 bits per heavy atom. The molecule has 2 aromatic rings. The van der Waals surface area contributed by atoms with Crippen molar-refractivity contribution in [2.75, 3.05) is 17.7 Å². The normalized spacial score (nSPS) is 13.3. The number of hydrogen-bond donors (Lipinski definition) is 1. The SMILES string of the molecule is CC(CS(C)(=O)=O)n1nnnc1-c1ccc(N)cc1F. The number of benzene rings is 1. The molecule has 1 atom stereocenters. The minimum absolute atomic E-state index is 0.137. The van der Waals surface area contributed by atoms with Crippen LogP contribution >= 0.6 is 0 Å². The van der Waals surface area contributed by atoms with Gasteiger partial charge in [0.05, 0.1) is 17.4 Å². The largest absolute Gasteiger partial charge is 0.399 e. The number of nitrogens with two attached hydrogens (primary N) is 1. The number of nitrogen functional groups attached to an aromatic ring is 1. The second-order valence-electron chi connectivity index (χ2n) is 4.63. The van der Waals surface area contributed by atoms with Gasteiger partial charge in [0.2, 0.25) is 0 Å². The van der Waals surface area contributed by atoms with Crippen LogP contribution in [0.2, 0.25) is 0 Å². The quantitative estimate of drug-likeness (QED) is 0.832. The molecule has 20 heavy (non-hydrogen) atoms. The minimum atomic E-state index is -3.20. The van der Waals surface area contributed by atoms with E-state index in [0.29, 0.717) is 0 Å². The highest BCUT2D eigenvalue weighted by molar-refractivity contribution is 7.90. The van der Waals surface area contributed by atoms with Gasteiger partial charge in [0.25, 0.3) is 0 Å². The molecule has 0 saturated heterocycles. The molecule has 0 amide bonds. The van der Waals surface area contributed by atoms with Crippen LogP contribution in [0.5, 0.6) is 0 Å². The third-order valence-corrected chi connectivity index (χ3v) is 3.78. The summed E-state index contributed by atoms with van der Waals surface area (Å²) in [5, 5.41) is 11.0. The van der Waals surface area contributed by atoms with Crippen LogP contribution < -0.4 is 5.73 Å². The van der Waals surface area contributed by atoms with E-state index >= 15 is 0 Å². The first-order chi connectivity index (χ1) is 9.28. The second kappa shape index (κ2) is 5.16. The lowest BCUT2D eigenvalue weighted by Gasteiger charge is -2.12. The third-order valence-electron chi connectivity index (χ3n) is 2.69. The van der Waals surface area contributed by atoms with Crippen LogP contribution in [-0.4, -0.2) is 40.6 Å². The van der Waals surface area contributed by atoms with Crippen molar-refractivity contribution in [2.24, 2.45) is 0 Å². The summed E-state index contributed by atoms with van der Waals surface area (Å²) < 4.78 is 37.8. The Hall–Kier alpha value is -2.03. The van der Waals surface area contributed by atoms with Gasteiger partial charge in [-0.05, 0) is 35.5 Å². The van der Waals surface area contributed by atoms with Gasteiger partial charge in [-0.2, -0.15) is 0 Å². The molecule has 0 radical (unpaired) electrons. The number of tetrazole rings is 1. The lowest BCUT2D eigenvalue weighted by Crippen LogP contribution is -2.18. The maximum absolute atomic E-state index is 13.9. The molecule has 0 aliphatic heterocycles. The van der Waals surface area contributed by atoms with E-state index in [0.717, 1.165) is 12.3 Å². The van der Waals surface area contributed by atoms with Crippen molar-refractivity contribution in [3.63, 3.8) is 0 Å². The van der Waals surface area contributed by atoms with Crippen molar-refractivity contribution >= 4 is 15.5 Å². The van der Waals surface area contributed by atoms with Crippen molar-refractivity contribution in [3.8, 4) is 11.4 Å². The van der Waals surface area contributed by atoms with Crippen LogP contribution in [0.3, 0.4) is 0 Å². The van der Waals surface area contributed by atoms with E-state index in [1.807, 2.05) is 0 Å². The Morgan fingerprint density at radius 3 is 2.75 bits per heavy atom. The fourth-order valence-corrected chi connectivity index (χ4v) is 2.91. The Morgan fingerprint density at radius 2 is 2.15 bits per heavy atom. The average molecular weight is 299 g/mol. The van der Waals surface area contributed by atoms with Crippen LogP contribution in [0.1, 0.15) is 13.0 Å². The maximum atomic E-state index is 13.9. The van der Waals surface area contributed by atoms with Gasteiger partial charge in [-0.15, -0.1) is 5.10 Å². The lowest BCUT2D eigenvalue weighted by atomic mass is 10.1. The van der Waals surface area contributed by atoms with Crippen molar-refractivity contribution in [2.45, 2.75) is 13.0 Å². The summed E-state index contributed by atoms with van der Waals surface area (Å²) in [6.45, 7) is 1.65. The molecule has 0 saturated carbocycles. The number of halogens is 1. The fourth-order valence-electron chi connectivity index (χ4n) is 1.89. The number of rotatable bonds is 4. The predicted octanol–water partition coefficient (Wildman–Crippen LogP) is 0.667. The summed E-state index contributed by atoms with van der Waals surface area (Å²) in [5.41, 5.74) is 5.94. The molecule has 1 aromatic carbocycles. The fraction of sp³-hybridized carbons (Fsp3) is 0.364. The molecule has 108 valence electrons.